The van der Waals surface area contributed by atoms with Crippen LogP contribution in [0.3, 0.4) is 0 Å². The Labute approximate surface area is 137 Å². The number of aryl methyl sites for hydroxylation is 1. The Morgan fingerprint density at radius 3 is 2.92 bits per heavy atom. The number of H-pyrrole nitrogens is 1. The van der Waals surface area contributed by atoms with Gasteiger partial charge >= 0.3 is 0 Å². The van der Waals surface area contributed by atoms with Gasteiger partial charge in [-0.1, -0.05) is 0 Å². The van der Waals surface area contributed by atoms with Gasteiger partial charge < -0.3 is 15.8 Å². The van der Waals surface area contributed by atoms with E-state index in [1.807, 2.05) is 31.2 Å². The van der Waals surface area contributed by atoms with Crippen LogP contribution in [0, 0.1) is 6.92 Å². The number of nitrogens with zero attached hydrogens (tertiary/aromatic N) is 3. The maximum Gasteiger partial charge on any atom is 0.227 e. The molecule has 0 aliphatic carbocycles. The largest absolute Gasteiger partial charge is 0.496 e. The summed E-state index contributed by atoms with van der Waals surface area (Å²) in [7, 11) is 1.65. The summed E-state index contributed by atoms with van der Waals surface area (Å²) < 4.78 is 5.36. The van der Waals surface area contributed by atoms with E-state index in [-0.39, 0.29) is 0 Å². The van der Waals surface area contributed by atoms with Crippen molar-refractivity contribution in [1.82, 2.24) is 20.2 Å². The van der Waals surface area contributed by atoms with E-state index in [9.17, 15) is 0 Å². The third-order valence-corrected chi connectivity index (χ3v) is 4.02. The van der Waals surface area contributed by atoms with Crippen LogP contribution in [0.5, 0.6) is 5.75 Å². The summed E-state index contributed by atoms with van der Waals surface area (Å²) in [4.78, 5) is 8.97. The van der Waals surface area contributed by atoms with Crippen LogP contribution >= 0.6 is 0 Å². The van der Waals surface area contributed by atoms with Crippen LogP contribution in [0.1, 0.15) is 5.56 Å². The molecule has 0 atom stereocenters. The second-order valence-corrected chi connectivity index (χ2v) is 5.55. The van der Waals surface area contributed by atoms with Gasteiger partial charge in [-0.3, -0.25) is 5.10 Å². The molecule has 0 spiro atoms. The van der Waals surface area contributed by atoms with Crippen molar-refractivity contribution < 1.29 is 4.74 Å². The molecule has 4 N–H and O–H groups in total. The highest BCUT2D eigenvalue weighted by Crippen LogP contribution is 2.28. The minimum Gasteiger partial charge on any atom is -0.496 e. The normalized spacial score (nSPS) is 11.1. The van der Waals surface area contributed by atoms with Crippen LogP contribution in [-0.4, -0.2) is 27.3 Å². The number of nitrogens with one attached hydrogen (secondary N) is 2. The zero-order valence-electron chi connectivity index (χ0n) is 13.3. The van der Waals surface area contributed by atoms with Crippen molar-refractivity contribution in [3.63, 3.8) is 0 Å². The molecule has 0 aliphatic heterocycles. The zero-order valence-corrected chi connectivity index (χ0v) is 13.3. The molecule has 0 fully saturated rings. The van der Waals surface area contributed by atoms with Gasteiger partial charge in [0.2, 0.25) is 5.95 Å². The fourth-order valence-corrected chi connectivity index (χ4v) is 2.78. The molecule has 2 heterocycles. The number of benzene rings is 2. The van der Waals surface area contributed by atoms with E-state index >= 15 is 0 Å². The summed E-state index contributed by atoms with van der Waals surface area (Å²) in [6.07, 6.45) is 3.49. The SMILES string of the molecule is COc1ccc2cnc(Nc3cc(N)c4cn[nH]c4c3)nc2c1C. The molecule has 0 saturated carbocycles. The van der Waals surface area contributed by atoms with E-state index in [2.05, 4.69) is 25.5 Å². The van der Waals surface area contributed by atoms with Crippen LogP contribution in [0.4, 0.5) is 17.3 Å². The van der Waals surface area contributed by atoms with Crippen molar-refractivity contribution in [1.29, 1.82) is 0 Å². The van der Waals surface area contributed by atoms with E-state index < -0.39 is 0 Å². The number of nitrogen functional groups attached to an aromatic ring is 1. The first-order valence-electron chi connectivity index (χ1n) is 7.45. The Hall–Kier alpha value is -3.35. The number of hydrogen-bond donors (Lipinski definition) is 3. The van der Waals surface area contributed by atoms with Crippen LogP contribution in [0.2, 0.25) is 0 Å². The number of rotatable bonds is 3. The van der Waals surface area contributed by atoms with Crippen LogP contribution in [-0.2, 0) is 0 Å². The van der Waals surface area contributed by atoms with Crippen molar-refractivity contribution in [2.24, 2.45) is 0 Å². The molecule has 0 bridgehead atoms. The predicted molar refractivity (Wildman–Crippen MR) is 94.6 cm³/mol. The van der Waals surface area contributed by atoms with Gasteiger partial charge in [-0.25, -0.2) is 9.97 Å². The summed E-state index contributed by atoms with van der Waals surface area (Å²) >= 11 is 0. The molecule has 7 heteroatoms. The molecule has 7 nitrogen and oxygen atoms in total. The molecule has 4 rings (SSSR count). The van der Waals surface area contributed by atoms with Gasteiger partial charge in [0, 0.05) is 33.9 Å². The van der Waals surface area contributed by atoms with Gasteiger partial charge in [-0.2, -0.15) is 5.10 Å². The number of fused-ring (bicyclic) bond motifs is 2. The maximum absolute atomic E-state index is 6.05. The molecule has 24 heavy (non-hydrogen) atoms. The second kappa shape index (κ2) is 5.38. The van der Waals surface area contributed by atoms with Crippen LogP contribution in [0.25, 0.3) is 21.8 Å². The monoisotopic (exact) mass is 320 g/mol. The molecule has 120 valence electrons. The van der Waals surface area contributed by atoms with Crippen molar-refractivity contribution in [3.05, 3.63) is 42.2 Å². The molecule has 0 radical (unpaired) electrons. The van der Waals surface area contributed by atoms with Crippen LogP contribution in [0.15, 0.2) is 36.7 Å². The summed E-state index contributed by atoms with van der Waals surface area (Å²) in [6.45, 7) is 1.98. The molecule has 0 aliphatic rings. The third-order valence-electron chi connectivity index (χ3n) is 4.02. The first-order chi connectivity index (χ1) is 11.7. The first kappa shape index (κ1) is 14.3. The number of nitrogens with two attached hydrogens (primary N) is 1. The van der Waals surface area contributed by atoms with Gasteiger partial charge in [0.25, 0.3) is 0 Å². The summed E-state index contributed by atoms with van der Waals surface area (Å²) in [5.41, 5.74) is 10.2. The van der Waals surface area contributed by atoms with Gasteiger partial charge in [-0.15, -0.1) is 0 Å². The highest BCUT2D eigenvalue weighted by molar-refractivity contribution is 5.93. The number of anilines is 3. The zero-order chi connectivity index (χ0) is 16.7. The number of aromatic nitrogens is 4. The summed E-state index contributed by atoms with van der Waals surface area (Å²) in [6, 6.07) is 7.62. The van der Waals surface area contributed by atoms with Crippen LogP contribution < -0.4 is 15.8 Å². The smallest absolute Gasteiger partial charge is 0.227 e. The fourth-order valence-electron chi connectivity index (χ4n) is 2.78. The van der Waals surface area contributed by atoms with E-state index in [4.69, 9.17) is 10.5 Å². The maximum atomic E-state index is 6.05. The molecule has 2 aromatic carbocycles. The van der Waals surface area contributed by atoms with Gasteiger partial charge in [-0.05, 0) is 31.2 Å². The van der Waals surface area contributed by atoms with Crippen molar-refractivity contribution in [2.45, 2.75) is 6.92 Å². The molecular weight excluding hydrogens is 304 g/mol. The van der Waals surface area contributed by atoms with E-state index in [0.29, 0.717) is 11.6 Å². The summed E-state index contributed by atoms with van der Waals surface area (Å²) in [5.74, 6) is 1.30. The van der Waals surface area contributed by atoms with Crippen molar-refractivity contribution in [2.75, 3.05) is 18.2 Å². The van der Waals surface area contributed by atoms with Crippen molar-refractivity contribution >= 4 is 39.1 Å². The highest BCUT2D eigenvalue weighted by Gasteiger charge is 2.09. The Bertz CT molecular complexity index is 1060. The van der Waals surface area contributed by atoms with Gasteiger partial charge in [0.15, 0.2) is 0 Å². The Balaban J connectivity index is 1.76. The fraction of sp³-hybridized carbons (Fsp3) is 0.118. The second-order valence-electron chi connectivity index (χ2n) is 5.55. The van der Waals surface area contributed by atoms with E-state index in [1.165, 1.54) is 0 Å². The highest BCUT2D eigenvalue weighted by atomic mass is 16.5. The standard InChI is InChI=1S/C17H16N6O/c1-9-15(24-2)4-3-10-7-19-17(22-16(9)10)21-11-5-13(18)12-8-20-23-14(12)6-11/h3-8H,18H2,1-2H3,(H,20,23)(H,19,21,22). The third kappa shape index (κ3) is 2.26. The average Bonchev–Trinajstić information content (AvgIpc) is 3.05. The molecule has 0 amide bonds. The molecule has 0 unspecified atom stereocenters. The number of hydrogen-bond acceptors (Lipinski definition) is 6. The quantitative estimate of drug-likeness (QED) is 0.501. The molecule has 4 aromatic rings. The first-order valence-corrected chi connectivity index (χ1v) is 7.45. The lowest BCUT2D eigenvalue weighted by atomic mass is 10.1. The van der Waals surface area contributed by atoms with Gasteiger partial charge in [0.1, 0.15) is 5.75 Å². The van der Waals surface area contributed by atoms with E-state index in [1.54, 1.807) is 19.5 Å². The lowest BCUT2D eigenvalue weighted by Crippen LogP contribution is -1.99. The topological polar surface area (TPSA) is 102 Å². The molecule has 0 saturated heterocycles. The molecule has 2 aromatic heterocycles. The Morgan fingerprint density at radius 2 is 2.08 bits per heavy atom. The lowest BCUT2D eigenvalue weighted by Gasteiger charge is -2.10. The molecular formula is C17H16N6O. The Morgan fingerprint density at radius 1 is 1.21 bits per heavy atom. The average molecular weight is 320 g/mol. The number of aromatic amines is 1. The number of methoxy groups -OCH3 is 1. The predicted octanol–water partition coefficient (Wildman–Crippen LogP) is 3.15. The summed E-state index contributed by atoms with van der Waals surface area (Å²) in [5, 5.41) is 12.0. The van der Waals surface area contributed by atoms with Gasteiger partial charge in [0.05, 0.1) is 24.3 Å². The van der Waals surface area contributed by atoms with Crippen molar-refractivity contribution in [3.8, 4) is 5.75 Å². The number of ether oxygens (including phenoxy) is 1. The minimum atomic E-state index is 0.497. The Kier molecular flexibility index (Phi) is 3.19. The van der Waals surface area contributed by atoms with E-state index in [0.717, 1.165) is 38.8 Å². The lowest BCUT2D eigenvalue weighted by molar-refractivity contribution is 0.412. The minimum absolute atomic E-state index is 0.497.